The average Bonchev–Trinajstić information content (AvgIpc) is 2.58. The van der Waals surface area contributed by atoms with E-state index in [1.54, 1.807) is 30.3 Å². The van der Waals surface area contributed by atoms with Crippen molar-refractivity contribution in [3.63, 3.8) is 0 Å². The lowest BCUT2D eigenvalue weighted by Crippen LogP contribution is -2.50. The molecule has 0 bridgehead atoms. The molecule has 0 saturated heterocycles. The van der Waals surface area contributed by atoms with Crippen LogP contribution in [0.15, 0.2) is 65.6 Å². The SMILES string of the molecule is O=C1CCCCC1(Cc1ccccc1)S(=O)(=O)c1ccccc1. The van der Waals surface area contributed by atoms with Crippen LogP contribution in [-0.4, -0.2) is 18.9 Å². The molecule has 0 spiro atoms. The van der Waals surface area contributed by atoms with Crippen molar-refractivity contribution in [2.24, 2.45) is 0 Å². The quantitative estimate of drug-likeness (QED) is 0.862. The van der Waals surface area contributed by atoms with Crippen molar-refractivity contribution in [2.45, 2.75) is 41.7 Å². The summed E-state index contributed by atoms with van der Waals surface area (Å²) in [7, 11) is -3.72. The number of carbonyl (C=O) groups excluding carboxylic acids is 1. The molecule has 1 unspecified atom stereocenters. The first-order valence-electron chi connectivity index (χ1n) is 7.93. The van der Waals surface area contributed by atoms with Gasteiger partial charge in [-0.1, -0.05) is 55.0 Å². The molecule has 1 fully saturated rings. The fraction of sp³-hybridized carbons (Fsp3) is 0.316. The molecule has 1 aliphatic rings. The third-order valence-electron chi connectivity index (χ3n) is 4.64. The van der Waals surface area contributed by atoms with Crippen molar-refractivity contribution in [3.05, 3.63) is 66.2 Å². The number of carbonyl (C=O) groups is 1. The number of sulfone groups is 1. The van der Waals surface area contributed by atoms with E-state index in [2.05, 4.69) is 0 Å². The Labute approximate surface area is 137 Å². The third-order valence-corrected chi connectivity index (χ3v) is 7.14. The van der Waals surface area contributed by atoms with Crippen LogP contribution in [0.1, 0.15) is 31.2 Å². The average molecular weight is 328 g/mol. The molecule has 0 N–H and O–H groups in total. The number of ketones is 1. The van der Waals surface area contributed by atoms with E-state index >= 15 is 0 Å². The molecule has 3 rings (SSSR count). The maximum absolute atomic E-state index is 13.3. The lowest BCUT2D eigenvalue weighted by molar-refractivity contribution is -0.123. The van der Waals surface area contributed by atoms with Crippen LogP contribution in [0.4, 0.5) is 0 Å². The highest BCUT2D eigenvalue weighted by atomic mass is 32.2. The van der Waals surface area contributed by atoms with E-state index in [4.69, 9.17) is 0 Å². The molecule has 2 aromatic rings. The van der Waals surface area contributed by atoms with Crippen molar-refractivity contribution >= 4 is 15.6 Å². The minimum absolute atomic E-state index is 0.142. The second-order valence-electron chi connectivity index (χ2n) is 6.10. The van der Waals surface area contributed by atoms with Gasteiger partial charge in [-0.3, -0.25) is 4.79 Å². The monoisotopic (exact) mass is 328 g/mol. The van der Waals surface area contributed by atoms with Crippen molar-refractivity contribution in [1.29, 1.82) is 0 Å². The van der Waals surface area contributed by atoms with E-state index in [1.165, 1.54) is 0 Å². The fourth-order valence-electron chi connectivity index (χ4n) is 3.38. The van der Waals surface area contributed by atoms with Gasteiger partial charge in [0.15, 0.2) is 15.6 Å². The first-order valence-corrected chi connectivity index (χ1v) is 9.41. The summed E-state index contributed by atoms with van der Waals surface area (Å²) in [6.45, 7) is 0. The molecule has 0 aromatic heterocycles. The maximum atomic E-state index is 13.3. The molecule has 2 aromatic carbocycles. The molecule has 0 heterocycles. The highest BCUT2D eigenvalue weighted by molar-refractivity contribution is 7.93. The van der Waals surface area contributed by atoms with Gasteiger partial charge in [-0.25, -0.2) is 8.42 Å². The van der Waals surface area contributed by atoms with Crippen molar-refractivity contribution in [3.8, 4) is 0 Å². The number of rotatable bonds is 4. The molecular formula is C19H20O3S. The van der Waals surface area contributed by atoms with E-state index in [9.17, 15) is 13.2 Å². The molecule has 3 nitrogen and oxygen atoms in total. The lowest BCUT2D eigenvalue weighted by Gasteiger charge is -2.35. The van der Waals surface area contributed by atoms with Crippen LogP contribution in [0.25, 0.3) is 0 Å². The fourth-order valence-corrected chi connectivity index (χ4v) is 5.52. The second kappa shape index (κ2) is 6.28. The van der Waals surface area contributed by atoms with E-state index in [0.29, 0.717) is 12.8 Å². The Morgan fingerprint density at radius 1 is 0.870 bits per heavy atom. The second-order valence-corrected chi connectivity index (χ2v) is 8.36. The molecule has 1 atom stereocenters. The van der Waals surface area contributed by atoms with Crippen LogP contribution in [0, 0.1) is 0 Å². The van der Waals surface area contributed by atoms with Crippen LogP contribution < -0.4 is 0 Å². The Bertz CT molecular complexity index is 782. The van der Waals surface area contributed by atoms with Gasteiger partial charge in [0.05, 0.1) is 4.90 Å². The Kier molecular flexibility index (Phi) is 4.35. The maximum Gasteiger partial charge on any atom is 0.191 e. The van der Waals surface area contributed by atoms with Gasteiger partial charge in [0.1, 0.15) is 4.75 Å². The largest absolute Gasteiger partial charge is 0.298 e. The molecule has 0 amide bonds. The van der Waals surface area contributed by atoms with E-state index in [1.807, 2.05) is 30.3 Å². The normalized spacial score (nSPS) is 22.0. The summed E-state index contributed by atoms with van der Waals surface area (Å²) < 4.78 is 25.3. The van der Waals surface area contributed by atoms with Gasteiger partial charge in [-0.2, -0.15) is 0 Å². The van der Waals surface area contributed by atoms with E-state index in [0.717, 1.165) is 18.4 Å². The zero-order valence-corrected chi connectivity index (χ0v) is 13.8. The zero-order valence-electron chi connectivity index (χ0n) is 12.9. The smallest absolute Gasteiger partial charge is 0.191 e. The lowest BCUT2D eigenvalue weighted by atomic mass is 9.82. The van der Waals surface area contributed by atoms with Crippen LogP contribution in [0.5, 0.6) is 0 Å². The Morgan fingerprint density at radius 2 is 1.48 bits per heavy atom. The van der Waals surface area contributed by atoms with E-state index < -0.39 is 14.6 Å². The predicted molar refractivity (Wildman–Crippen MR) is 90.0 cm³/mol. The van der Waals surface area contributed by atoms with Gasteiger partial charge >= 0.3 is 0 Å². The summed E-state index contributed by atoms with van der Waals surface area (Å²) in [6.07, 6.45) is 2.55. The molecule has 23 heavy (non-hydrogen) atoms. The Balaban J connectivity index is 2.11. The topological polar surface area (TPSA) is 51.2 Å². The van der Waals surface area contributed by atoms with Gasteiger partial charge in [0.2, 0.25) is 0 Å². The minimum Gasteiger partial charge on any atom is -0.298 e. The van der Waals surface area contributed by atoms with Crippen LogP contribution in [0.3, 0.4) is 0 Å². The number of hydrogen-bond donors (Lipinski definition) is 0. The minimum atomic E-state index is -3.72. The third kappa shape index (κ3) is 2.83. The first kappa shape index (κ1) is 15.9. The van der Waals surface area contributed by atoms with Crippen molar-refractivity contribution in [1.82, 2.24) is 0 Å². The summed E-state index contributed by atoms with van der Waals surface area (Å²) in [5.41, 5.74) is 0.891. The molecule has 0 radical (unpaired) electrons. The van der Waals surface area contributed by atoms with Gasteiger partial charge in [0, 0.05) is 6.42 Å². The van der Waals surface area contributed by atoms with Crippen LogP contribution in [0.2, 0.25) is 0 Å². The highest BCUT2D eigenvalue weighted by Crippen LogP contribution is 2.39. The Hall–Kier alpha value is -1.94. The summed E-state index contributed by atoms with van der Waals surface area (Å²) in [6, 6.07) is 17.8. The van der Waals surface area contributed by atoms with Gasteiger partial charge in [0.25, 0.3) is 0 Å². The first-order chi connectivity index (χ1) is 11.1. The van der Waals surface area contributed by atoms with Crippen LogP contribution in [-0.2, 0) is 21.1 Å². The molecular weight excluding hydrogens is 308 g/mol. The number of hydrogen-bond acceptors (Lipinski definition) is 3. The van der Waals surface area contributed by atoms with Crippen LogP contribution >= 0.6 is 0 Å². The van der Waals surface area contributed by atoms with Crippen molar-refractivity contribution in [2.75, 3.05) is 0 Å². The molecule has 120 valence electrons. The summed E-state index contributed by atoms with van der Waals surface area (Å²) in [4.78, 5) is 13.0. The van der Waals surface area contributed by atoms with E-state index in [-0.39, 0.29) is 17.1 Å². The summed E-state index contributed by atoms with van der Waals surface area (Å²) >= 11 is 0. The molecule has 1 saturated carbocycles. The predicted octanol–water partition coefficient (Wildman–Crippen LogP) is 3.58. The van der Waals surface area contributed by atoms with Gasteiger partial charge in [-0.05, 0) is 37.0 Å². The number of Topliss-reactive ketones (excluding diaryl/α,β-unsaturated/α-hetero) is 1. The molecule has 1 aliphatic carbocycles. The van der Waals surface area contributed by atoms with Gasteiger partial charge < -0.3 is 0 Å². The zero-order chi connectivity index (χ0) is 16.3. The van der Waals surface area contributed by atoms with Gasteiger partial charge in [-0.15, -0.1) is 0 Å². The van der Waals surface area contributed by atoms with Crippen molar-refractivity contribution < 1.29 is 13.2 Å². The summed E-state index contributed by atoms with van der Waals surface area (Å²) in [5, 5.41) is 0. The Morgan fingerprint density at radius 3 is 2.09 bits per heavy atom. The molecule has 4 heteroatoms. The number of benzene rings is 2. The molecule has 0 aliphatic heterocycles. The standard InChI is InChI=1S/C19H20O3S/c20-18-13-7-8-14-19(18,15-16-9-3-1-4-10-16)23(21,22)17-11-5-2-6-12-17/h1-6,9-12H,7-8,13-15H2. The highest BCUT2D eigenvalue weighted by Gasteiger charge is 2.51. The summed E-state index contributed by atoms with van der Waals surface area (Å²) in [5.74, 6) is -0.142.